The molecule has 1 fully saturated rings. The number of hydrogen-bond donors (Lipinski definition) is 1. The number of anilines is 2. The zero-order valence-electron chi connectivity index (χ0n) is 17.2. The number of rotatable bonds is 5. The lowest BCUT2D eigenvalue weighted by Crippen LogP contribution is -2.51. The van der Waals surface area contributed by atoms with Gasteiger partial charge in [-0.1, -0.05) is 11.6 Å². The summed E-state index contributed by atoms with van der Waals surface area (Å²) in [6.07, 6.45) is -2.15. The molecule has 0 amide bonds. The fraction of sp³-hybridized carbons (Fsp3) is 0.429. The minimum absolute atomic E-state index is 0.00320. The molecule has 10 heteroatoms. The summed E-state index contributed by atoms with van der Waals surface area (Å²) in [6, 6.07) is 8.76. The highest BCUT2D eigenvalue weighted by atomic mass is 35.5. The SMILES string of the molecule is CCNC(=S)N(c1ccc(OC)cc1)C1CCN(c2ncc(C(F)(F)F)cc2Cl)CC1. The van der Waals surface area contributed by atoms with E-state index in [0.717, 1.165) is 36.5 Å². The molecule has 1 aliphatic heterocycles. The van der Waals surface area contributed by atoms with Gasteiger partial charge in [0, 0.05) is 37.6 Å². The first-order chi connectivity index (χ1) is 14.7. The molecule has 168 valence electrons. The molecule has 0 spiro atoms. The third-order valence-electron chi connectivity index (χ3n) is 5.18. The average molecular weight is 473 g/mol. The number of nitrogens with one attached hydrogen (secondary N) is 1. The minimum Gasteiger partial charge on any atom is -0.497 e. The second-order valence-electron chi connectivity index (χ2n) is 7.15. The lowest BCUT2D eigenvalue weighted by molar-refractivity contribution is -0.137. The van der Waals surface area contributed by atoms with Crippen LogP contribution in [0.1, 0.15) is 25.3 Å². The maximum absolute atomic E-state index is 12.9. The van der Waals surface area contributed by atoms with Gasteiger partial charge in [-0.05, 0) is 62.3 Å². The quantitative estimate of drug-likeness (QED) is 0.608. The Labute approximate surface area is 190 Å². The van der Waals surface area contributed by atoms with Crippen molar-refractivity contribution < 1.29 is 17.9 Å². The van der Waals surface area contributed by atoms with Crippen LogP contribution in [-0.2, 0) is 6.18 Å². The standard InChI is InChI=1S/C21H24ClF3N4OS/c1-3-26-20(31)29(15-4-6-17(30-2)7-5-15)16-8-10-28(11-9-16)19-18(22)12-14(13-27-19)21(23,24)25/h4-7,12-13,16H,3,8-11H2,1-2H3,(H,26,31). The molecule has 1 saturated heterocycles. The Balaban J connectivity index is 1.75. The topological polar surface area (TPSA) is 40.6 Å². The Morgan fingerprint density at radius 2 is 1.94 bits per heavy atom. The number of halogens is 4. The zero-order chi connectivity index (χ0) is 22.6. The first-order valence-electron chi connectivity index (χ1n) is 9.93. The van der Waals surface area contributed by atoms with Gasteiger partial charge in [0.05, 0.1) is 17.7 Å². The van der Waals surface area contributed by atoms with Crippen molar-refractivity contribution in [1.29, 1.82) is 0 Å². The van der Waals surface area contributed by atoms with E-state index >= 15 is 0 Å². The van der Waals surface area contributed by atoms with Crippen LogP contribution in [0.25, 0.3) is 0 Å². The summed E-state index contributed by atoms with van der Waals surface area (Å²) in [5.74, 6) is 1.13. The van der Waals surface area contributed by atoms with Gasteiger partial charge in [-0.3, -0.25) is 0 Å². The monoisotopic (exact) mass is 472 g/mol. The molecule has 0 aliphatic carbocycles. The first kappa shape index (κ1) is 23.4. The molecule has 0 atom stereocenters. The third-order valence-corrected chi connectivity index (χ3v) is 5.79. The summed E-state index contributed by atoms with van der Waals surface area (Å²) in [5, 5.41) is 3.85. The van der Waals surface area contributed by atoms with Crippen LogP contribution in [0.2, 0.25) is 5.02 Å². The molecule has 0 unspecified atom stereocenters. The molecule has 3 rings (SSSR count). The summed E-state index contributed by atoms with van der Waals surface area (Å²) < 4.78 is 43.9. The van der Waals surface area contributed by atoms with Gasteiger partial charge in [-0.25, -0.2) is 4.98 Å². The number of pyridine rings is 1. The molecule has 1 N–H and O–H groups in total. The smallest absolute Gasteiger partial charge is 0.417 e. The van der Waals surface area contributed by atoms with Crippen LogP contribution < -0.4 is 19.9 Å². The number of piperidine rings is 1. The van der Waals surface area contributed by atoms with Gasteiger partial charge in [0.25, 0.3) is 0 Å². The van der Waals surface area contributed by atoms with Crippen LogP contribution in [0.3, 0.4) is 0 Å². The molecule has 0 bridgehead atoms. The predicted molar refractivity (Wildman–Crippen MR) is 121 cm³/mol. The van der Waals surface area contributed by atoms with Crippen LogP contribution >= 0.6 is 23.8 Å². The molecule has 31 heavy (non-hydrogen) atoms. The predicted octanol–water partition coefficient (Wildman–Crippen LogP) is 5.13. The van der Waals surface area contributed by atoms with E-state index in [9.17, 15) is 13.2 Å². The van der Waals surface area contributed by atoms with Gasteiger partial charge in [-0.15, -0.1) is 0 Å². The average Bonchev–Trinajstić information content (AvgIpc) is 2.74. The van der Waals surface area contributed by atoms with Crippen LogP contribution in [0.5, 0.6) is 5.75 Å². The van der Waals surface area contributed by atoms with Crippen molar-refractivity contribution >= 4 is 40.4 Å². The van der Waals surface area contributed by atoms with Crippen molar-refractivity contribution in [3.63, 3.8) is 0 Å². The third kappa shape index (κ3) is 5.51. The van der Waals surface area contributed by atoms with E-state index < -0.39 is 11.7 Å². The fourth-order valence-corrected chi connectivity index (χ4v) is 4.31. The van der Waals surface area contributed by atoms with E-state index in [2.05, 4.69) is 15.2 Å². The second-order valence-corrected chi connectivity index (χ2v) is 7.94. The van der Waals surface area contributed by atoms with Crippen LogP contribution in [0, 0.1) is 0 Å². The van der Waals surface area contributed by atoms with E-state index in [4.69, 9.17) is 28.6 Å². The minimum atomic E-state index is -4.47. The van der Waals surface area contributed by atoms with Gasteiger partial charge in [0.1, 0.15) is 11.6 Å². The fourth-order valence-electron chi connectivity index (χ4n) is 3.63. The van der Waals surface area contributed by atoms with Crippen LogP contribution in [0.4, 0.5) is 24.7 Å². The van der Waals surface area contributed by atoms with Crippen molar-refractivity contribution in [2.75, 3.05) is 36.5 Å². The Bertz CT molecular complexity index is 902. The summed E-state index contributed by atoms with van der Waals surface area (Å²) in [4.78, 5) is 8.00. The highest BCUT2D eigenvalue weighted by molar-refractivity contribution is 7.80. The van der Waals surface area contributed by atoms with Crippen molar-refractivity contribution in [3.8, 4) is 5.75 Å². The van der Waals surface area contributed by atoms with E-state index in [1.54, 1.807) is 7.11 Å². The van der Waals surface area contributed by atoms with E-state index in [0.29, 0.717) is 30.6 Å². The van der Waals surface area contributed by atoms with Crippen LogP contribution in [0.15, 0.2) is 36.5 Å². The summed E-state index contributed by atoms with van der Waals surface area (Å²) in [5.41, 5.74) is 0.105. The lowest BCUT2D eigenvalue weighted by Gasteiger charge is -2.40. The molecule has 2 aromatic rings. The number of nitrogens with zero attached hydrogens (tertiary/aromatic N) is 3. The van der Waals surface area contributed by atoms with Crippen LogP contribution in [-0.4, -0.2) is 42.9 Å². The molecule has 1 aromatic carbocycles. The Kier molecular flexibility index (Phi) is 7.48. The number of alkyl halides is 3. The Morgan fingerprint density at radius 3 is 2.45 bits per heavy atom. The van der Waals surface area contributed by atoms with Crippen molar-refractivity contribution in [3.05, 3.63) is 47.1 Å². The van der Waals surface area contributed by atoms with E-state index in [-0.39, 0.29) is 11.1 Å². The van der Waals surface area contributed by atoms with E-state index in [1.807, 2.05) is 36.1 Å². The number of hydrogen-bond acceptors (Lipinski definition) is 4. The van der Waals surface area contributed by atoms with Crippen molar-refractivity contribution in [2.45, 2.75) is 32.0 Å². The van der Waals surface area contributed by atoms with Gasteiger partial charge in [0.15, 0.2) is 5.11 Å². The highest BCUT2D eigenvalue weighted by Crippen LogP contribution is 2.35. The Morgan fingerprint density at radius 1 is 1.29 bits per heavy atom. The molecule has 1 aromatic heterocycles. The molecule has 2 heterocycles. The molecule has 0 radical (unpaired) electrons. The lowest BCUT2D eigenvalue weighted by atomic mass is 10.0. The maximum atomic E-state index is 12.9. The normalized spacial score (nSPS) is 15.0. The zero-order valence-corrected chi connectivity index (χ0v) is 18.8. The van der Waals surface area contributed by atoms with Crippen molar-refractivity contribution in [2.24, 2.45) is 0 Å². The van der Waals surface area contributed by atoms with Gasteiger partial charge < -0.3 is 19.9 Å². The summed E-state index contributed by atoms with van der Waals surface area (Å²) >= 11 is 11.7. The van der Waals surface area contributed by atoms with E-state index in [1.165, 1.54) is 0 Å². The molecular weight excluding hydrogens is 449 g/mol. The second kappa shape index (κ2) is 9.91. The molecule has 0 saturated carbocycles. The van der Waals surface area contributed by atoms with Crippen molar-refractivity contribution in [1.82, 2.24) is 10.3 Å². The molecule has 1 aliphatic rings. The number of methoxy groups -OCH3 is 1. The van der Waals surface area contributed by atoms with Gasteiger partial charge in [0.2, 0.25) is 0 Å². The molecule has 5 nitrogen and oxygen atoms in total. The summed E-state index contributed by atoms with van der Waals surface area (Å²) in [7, 11) is 1.62. The number of benzene rings is 1. The molecular formula is C21H24ClF3N4OS. The number of ether oxygens (including phenoxy) is 1. The Hall–Kier alpha value is -2.26. The van der Waals surface area contributed by atoms with Gasteiger partial charge in [-0.2, -0.15) is 13.2 Å². The number of aromatic nitrogens is 1. The largest absolute Gasteiger partial charge is 0.497 e. The van der Waals surface area contributed by atoms with Gasteiger partial charge >= 0.3 is 6.18 Å². The maximum Gasteiger partial charge on any atom is 0.417 e. The summed E-state index contributed by atoms with van der Waals surface area (Å²) in [6.45, 7) is 3.89. The number of thiocarbonyl (C=S) groups is 1. The first-order valence-corrected chi connectivity index (χ1v) is 10.7. The highest BCUT2D eigenvalue weighted by Gasteiger charge is 2.33.